The summed E-state index contributed by atoms with van der Waals surface area (Å²) in [5, 5.41) is 0. The number of H-pyrrole nitrogens is 1. The van der Waals surface area contributed by atoms with Gasteiger partial charge in [-0.25, -0.2) is 8.42 Å². The molecule has 0 saturated heterocycles. The molecule has 0 aromatic carbocycles. The summed E-state index contributed by atoms with van der Waals surface area (Å²) in [7, 11) is -3.43. The number of nitrogens with one attached hydrogen (secondary N) is 1. The van der Waals surface area contributed by atoms with E-state index in [1.165, 1.54) is 13.0 Å². The summed E-state index contributed by atoms with van der Waals surface area (Å²) < 4.78 is 23.1. The highest BCUT2D eigenvalue weighted by Gasteiger charge is 2.20. The van der Waals surface area contributed by atoms with Crippen LogP contribution in [0.1, 0.15) is 33.4 Å². The van der Waals surface area contributed by atoms with Crippen LogP contribution in [0, 0.1) is 0 Å². The van der Waals surface area contributed by atoms with E-state index in [0.717, 1.165) is 5.69 Å². The Morgan fingerprint density at radius 2 is 1.81 bits per heavy atom. The highest BCUT2D eigenvalue weighted by Crippen LogP contribution is 2.19. The molecule has 0 aliphatic heterocycles. The van der Waals surface area contributed by atoms with Gasteiger partial charge < -0.3 is 4.98 Å². The fourth-order valence-corrected chi connectivity index (χ4v) is 2.22. The molecule has 5 heteroatoms. The Morgan fingerprint density at radius 3 is 2.19 bits per heavy atom. The van der Waals surface area contributed by atoms with Gasteiger partial charge in [0.15, 0.2) is 9.84 Å². The molecule has 4 nitrogen and oxygen atoms in total. The number of aromatic amines is 1. The monoisotopic (exact) mass is 243 g/mol. The van der Waals surface area contributed by atoms with Crippen molar-refractivity contribution in [2.24, 2.45) is 0 Å². The van der Waals surface area contributed by atoms with Gasteiger partial charge in [0.05, 0.1) is 5.75 Å². The van der Waals surface area contributed by atoms with Crippen LogP contribution < -0.4 is 5.56 Å². The largest absolute Gasteiger partial charge is 0.325 e. The summed E-state index contributed by atoms with van der Waals surface area (Å²) in [6.45, 7) is 7.37. The van der Waals surface area contributed by atoms with Gasteiger partial charge in [0, 0.05) is 11.1 Å². The van der Waals surface area contributed by atoms with E-state index >= 15 is 0 Å². The van der Waals surface area contributed by atoms with Crippen molar-refractivity contribution < 1.29 is 8.42 Å². The second-order valence-electron chi connectivity index (χ2n) is 4.72. The fourth-order valence-electron chi connectivity index (χ4n) is 1.30. The zero-order valence-corrected chi connectivity index (χ0v) is 10.8. The Bertz CT molecular complexity index is 535. The molecule has 1 aromatic heterocycles. The quantitative estimate of drug-likeness (QED) is 0.855. The summed E-state index contributed by atoms with van der Waals surface area (Å²) >= 11 is 0. The normalized spacial score (nSPS) is 12.8. The van der Waals surface area contributed by atoms with E-state index in [4.69, 9.17) is 0 Å². The minimum atomic E-state index is -3.43. The predicted octanol–water partition coefficient (Wildman–Crippen LogP) is 1.47. The SMILES string of the molecule is CCS(=O)(=O)c1ccc(C(C)(C)C)[nH]c1=O. The lowest BCUT2D eigenvalue weighted by molar-refractivity contribution is 0.562. The molecule has 0 saturated carbocycles. The number of hydrogen-bond acceptors (Lipinski definition) is 3. The molecule has 0 bridgehead atoms. The Kier molecular flexibility index (Phi) is 3.28. The number of sulfone groups is 1. The van der Waals surface area contributed by atoms with E-state index in [0.29, 0.717) is 0 Å². The lowest BCUT2D eigenvalue weighted by atomic mass is 9.92. The topological polar surface area (TPSA) is 67.0 Å². The van der Waals surface area contributed by atoms with Gasteiger partial charge in [-0.2, -0.15) is 0 Å². The average molecular weight is 243 g/mol. The van der Waals surface area contributed by atoms with Crippen molar-refractivity contribution >= 4 is 9.84 Å². The van der Waals surface area contributed by atoms with E-state index in [-0.39, 0.29) is 16.1 Å². The minimum absolute atomic E-state index is 0.0645. The predicted molar refractivity (Wildman–Crippen MR) is 63.5 cm³/mol. The van der Waals surface area contributed by atoms with Crippen LogP contribution >= 0.6 is 0 Å². The lowest BCUT2D eigenvalue weighted by Crippen LogP contribution is -2.24. The van der Waals surface area contributed by atoms with Gasteiger partial charge in [0.2, 0.25) is 0 Å². The Labute approximate surface area is 95.6 Å². The highest BCUT2D eigenvalue weighted by molar-refractivity contribution is 7.91. The minimum Gasteiger partial charge on any atom is -0.325 e. The average Bonchev–Trinajstić information content (AvgIpc) is 2.16. The maximum Gasteiger partial charge on any atom is 0.266 e. The van der Waals surface area contributed by atoms with Gasteiger partial charge in [-0.3, -0.25) is 4.79 Å². The van der Waals surface area contributed by atoms with Gasteiger partial charge in [-0.15, -0.1) is 0 Å². The molecule has 0 fully saturated rings. The molecule has 1 aromatic rings. The third kappa shape index (κ3) is 2.52. The zero-order valence-electron chi connectivity index (χ0n) is 9.99. The van der Waals surface area contributed by atoms with Gasteiger partial charge in [0.25, 0.3) is 5.56 Å². The van der Waals surface area contributed by atoms with Crippen molar-refractivity contribution in [2.75, 3.05) is 5.75 Å². The van der Waals surface area contributed by atoms with Crippen LogP contribution in [0.15, 0.2) is 21.8 Å². The van der Waals surface area contributed by atoms with Crippen LogP contribution in [-0.4, -0.2) is 19.2 Å². The van der Waals surface area contributed by atoms with Crippen LogP contribution in [0.5, 0.6) is 0 Å². The van der Waals surface area contributed by atoms with E-state index in [9.17, 15) is 13.2 Å². The molecule has 0 aliphatic rings. The third-order valence-corrected chi connectivity index (χ3v) is 4.15. The summed E-state index contributed by atoms with van der Waals surface area (Å²) in [6.07, 6.45) is 0. The molecular formula is C11H17NO3S. The molecular weight excluding hydrogens is 226 g/mol. The maximum atomic E-state index is 11.7. The molecule has 0 amide bonds. The van der Waals surface area contributed by atoms with Crippen molar-refractivity contribution in [3.8, 4) is 0 Å². The fraction of sp³-hybridized carbons (Fsp3) is 0.545. The molecule has 0 atom stereocenters. The van der Waals surface area contributed by atoms with E-state index < -0.39 is 15.4 Å². The Balaban J connectivity index is 3.38. The summed E-state index contributed by atoms with van der Waals surface area (Å²) in [5.41, 5.74) is -0.00459. The first-order chi connectivity index (χ1) is 7.18. The molecule has 0 radical (unpaired) electrons. The van der Waals surface area contributed by atoms with Crippen LogP contribution in [0.4, 0.5) is 0 Å². The van der Waals surface area contributed by atoms with Crippen LogP contribution in [0.3, 0.4) is 0 Å². The van der Waals surface area contributed by atoms with E-state index in [2.05, 4.69) is 4.98 Å². The molecule has 16 heavy (non-hydrogen) atoms. The molecule has 90 valence electrons. The molecule has 0 unspecified atom stereocenters. The number of hydrogen-bond donors (Lipinski definition) is 1. The van der Waals surface area contributed by atoms with Crippen LogP contribution in [0.25, 0.3) is 0 Å². The Hall–Kier alpha value is -1.10. The summed E-state index contributed by atoms with van der Waals surface area (Å²) in [5.74, 6) is -0.0645. The molecule has 1 rings (SSSR count). The molecule has 0 aliphatic carbocycles. The highest BCUT2D eigenvalue weighted by atomic mass is 32.2. The second kappa shape index (κ2) is 4.05. The van der Waals surface area contributed by atoms with Crippen molar-refractivity contribution in [2.45, 2.75) is 38.0 Å². The van der Waals surface area contributed by atoms with Crippen molar-refractivity contribution in [1.82, 2.24) is 4.98 Å². The number of aromatic nitrogens is 1. The molecule has 1 N–H and O–H groups in total. The van der Waals surface area contributed by atoms with Crippen molar-refractivity contribution in [3.63, 3.8) is 0 Å². The van der Waals surface area contributed by atoms with E-state index in [1.54, 1.807) is 6.07 Å². The van der Waals surface area contributed by atoms with Crippen molar-refractivity contribution in [1.29, 1.82) is 0 Å². The second-order valence-corrected chi connectivity index (χ2v) is 6.97. The first-order valence-electron chi connectivity index (χ1n) is 5.15. The van der Waals surface area contributed by atoms with Gasteiger partial charge >= 0.3 is 0 Å². The molecule has 0 spiro atoms. The first kappa shape index (κ1) is 13.0. The van der Waals surface area contributed by atoms with Gasteiger partial charge in [-0.1, -0.05) is 27.7 Å². The maximum absolute atomic E-state index is 11.7. The summed E-state index contributed by atoms with van der Waals surface area (Å²) in [4.78, 5) is 14.1. The van der Waals surface area contributed by atoms with E-state index in [1.807, 2.05) is 20.8 Å². The molecule has 1 heterocycles. The third-order valence-electron chi connectivity index (χ3n) is 2.40. The lowest BCUT2D eigenvalue weighted by Gasteiger charge is -2.18. The number of rotatable bonds is 2. The summed E-state index contributed by atoms with van der Waals surface area (Å²) in [6, 6.07) is 3.04. The van der Waals surface area contributed by atoms with Crippen LogP contribution in [-0.2, 0) is 15.3 Å². The van der Waals surface area contributed by atoms with Crippen molar-refractivity contribution in [3.05, 3.63) is 28.2 Å². The van der Waals surface area contributed by atoms with Gasteiger partial charge in [-0.05, 0) is 12.1 Å². The zero-order chi connectivity index (χ0) is 12.6. The standard InChI is InChI=1S/C11H17NO3S/c1-5-16(14,15)8-6-7-9(11(2,3)4)12-10(8)13/h6-7H,5H2,1-4H3,(H,12,13). The number of pyridine rings is 1. The van der Waals surface area contributed by atoms with Gasteiger partial charge in [0.1, 0.15) is 4.90 Å². The van der Waals surface area contributed by atoms with Crippen LogP contribution in [0.2, 0.25) is 0 Å². The Morgan fingerprint density at radius 1 is 1.25 bits per heavy atom. The smallest absolute Gasteiger partial charge is 0.266 e. The first-order valence-corrected chi connectivity index (χ1v) is 6.80.